The highest BCUT2D eigenvalue weighted by Crippen LogP contribution is 2.22. The standard InChI is InChI=1S/C20H22N4O3/c1-4-23-18-17(19(25)24(5-2)20(23)26)22(3)16(21-18)9-7-13-6-8-14-11-27-12-15(14)10-13/h6-10H,4-5,11-12H2,1-3H3/b9-7+. The van der Waals surface area contributed by atoms with Crippen molar-refractivity contribution in [3.05, 3.63) is 61.6 Å². The smallest absolute Gasteiger partial charge is 0.332 e. The number of rotatable bonds is 4. The molecule has 0 aliphatic carbocycles. The van der Waals surface area contributed by atoms with Gasteiger partial charge in [0.1, 0.15) is 5.82 Å². The molecular formula is C20H22N4O3. The Morgan fingerprint density at radius 2 is 1.81 bits per heavy atom. The van der Waals surface area contributed by atoms with Gasteiger partial charge in [0, 0.05) is 20.1 Å². The van der Waals surface area contributed by atoms with E-state index in [1.807, 2.05) is 25.1 Å². The molecule has 0 spiro atoms. The normalized spacial score (nSPS) is 13.7. The van der Waals surface area contributed by atoms with Gasteiger partial charge in [0.15, 0.2) is 11.2 Å². The summed E-state index contributed by atoms with van der Waals surface area (Å²) in [5.41, 5.74) is 3.73. The minimum absolute atomic E-state index is 0.300. The molecule has 0 unspecified atom stereocenters. The Hall–Kier alpha value is -2.93. The number of fused-ring (bicyclic) bond motifs is 2. The number of nitrogens with zero attached hydrogens (tertiary/aromatic N) is 4. The molecule has 1 aliphatic heterocycles. The Morgan fingerprint density at radius 1 is 1.07 bits per heavy atom. The molecule has 140 valence electrons. The van der Waals surface area contributed by atoms with Crippen LogP contribution in [-0.4, -0.2) is 18.7 Å². The van der Waals surface area contributed by atoms with E-state index in [1.165, 1.54) is 15.7 Å². The zero-order valence-corrected chi connectivity index (χ0v) is 15.7. The van der Waals surface area contributed by atoms with Gasteiger partial charge in [0.2, 0.25) is 0 Å². The zero-order valence-electron chi connectivity index (χ0n) is 15.7. The van der Waals surface area contributed by atoms with Crippen molar-refractivity contribution in [1.82, 2.24) is 18.7 Å². The molecule has 0 bridgehead atoms. The molecule has 7 nitrogen and oxygen atoms in total. The largest absolute Gasteiger partial charge is 0.372 e. The van der Waals surface area contributed by atoms with Gasteiger partial charge < -0.3 is 9.30 Å². The van der Waals surface area contributed by atoms with E-state index in [0.29, 0.717) is 43.3 Å². The lowest BCUT2D eigenvalue weighted by atomic mass is 10.1. The number of hydrogen-bond donors (Lipinski definition) is 0. The van der Waals surface area contributed by atoms with Crippen molar-refractivity contribution in [2.75, 3.05) is 0 Å². The second-order valence-corrected chi connectivity index (χ2v) is 6.63. The summed E-state index contributed by atoms with van der Waals surface area (Å²) >= 11 is 0. The van der Waals surface area contributed by atoms with Crippen molar-refractivity contribution in [1.29, 1.82) is 0 Å². The van der Waals surface area contributed by atoms with Crippen molar-refractivity contribution in [3.8, 4) is 0 Å². The molecule has 0 atom stereocenters. The quantitative estimate of drug-likeness (QED) is 0.709. The number of imidazole rings is 1. The van der Waals surface area contributed by atoms with E-state index < -0.39 is 0 Å². The van der Waals surface area contributed by atoms with Crippen LogP contribution in [0.4, 0.5) is 0 Å². The summed E-state index contributed by atoms with van der Waals surface area (Å²) in [6, 6.07) is 6.22. The van der Waals surface area contributed by atoms with E-state index in [1.54, 1.807) is 23.1 Å². The van der Waals surface area contributed by atoms with E-state index in [9.17, 15) is 9.59 Å². The van der Waals surface area contributed by atoms with Gasteiger partial charge in [0.05, 0.1) is 13.2 Å². The monoisotopic (exact) mass is 366 g/mol. The molecule has 3 heterocycles. The highest BCUT2D eigenvalue weighted by Gasteiger charge is 2.17. The first-order valence-electron chi connectivity index (χ1n) is 9.12. The maximum atomic E-state index is 12.7. The third-order valence-corrected chi connectivity index (χ3v) is 5.08. The van der Waals surface area contributed by atoms with Gasteiger partial charge >= 0.3 is 5.69 Å². The maximum Gasteiger partial charge on any atom is 0.332 e. The number of benzene rings is 1. The topological polar surface area (TPSA) is 71.1 Å². The summed E-state index contributed by atoms with van der Waals surface area (Å²) in [6.07, 6.45) is 3.84. The summed E-state index contributed by atoms with van der Waals surface area (Å²) in [7, 11) is 1.80. The van der Waals surface area contributed by atoms with Crippen molar-refractivity contribution < 1.29 is 4.74 Å². The van der Waals surface area contributed by atoms with Gasteiger partial charge in [-0.3, -0.25) is 13.9 Å². The van der Waals surface area contributed by atoms with Gasteiger partial charge in [-0.1, -0.05) is 18.2 Å². The van der Waals surface area contributed by atoms with Crippen LogP contribution in [0.2, 0.25) is 0 Å². The summed E-state index contributed by atoms with van der Waals surface area (Å²) in [4.78, 5) is 29.8. The van der Waals surface area contributed by atoms with E-state index in [-0.39, 0.29) is 11.2 Å². The second-order valence-electron chi connectivity index (χ2n) is 6.63. The van der Waals surface area contributed by atoms with Crippen LogP contribution < -0.4 is 11.2 Å². The molecule has 7 heteroatoms. The van der Waals surface area contributed by atoms with Gasteiger partial charge in [-0.15, -0.1) is 0 Å². The maximum absolute atomic E-state index is 12.7. The van der Waals surface area contributed by atoms with Crippen molar-refractivity contribution in [2.45, 2.75) is 40.2 Å². The first kappa shape index (κ1) is 17.5. The molecular weight excluding hydrogens is 344 g/mol. The van der Waals surface area contributed by atoms with Crippen LogP contribution in [0.15, 0.2) is 27.8 Å². The predicted molar refractivity (Wildman–Crippen MR) is 104 cm³/mol. The summed E-state index contributed by atoms with van der Waals surface area (Å²) in [5, 5.41) is 0. The molecule has 0 radical (unpaired) electrons. The van der Waals surface area contributed by atoms with E-state index >= 15 is 0 Å². The van der Waals surface area contributed by atoms with Gasteiger partial charge in [-0.2, -0.15) is 0 Å². The van der Waals surface area contributed by atoms with Crippen LogP contribution in [0.25, 0.3) is 23.3 Å². The Morgan fingerprint density at radius 3 is 2.56 bits per heavy atom. The van der Waals surface area contributed by atoms with Crippen LogP contribution in [0.3, 0.4) is 0 Å². The van der Waals surface area contributed by atoms with Crippen molar-refractivity contribution in [2.24, 2.45) is 7.05 Å². The average Bonchev–Trinajstić information content (AvgIpc) is 3.25. The van der Waals surface area contributed by atoms with Crippen LogP contribution in [0.5, 0.6) is 0 Å². The lowest BCUT2D eigenvalue weighted by molar-refractivity contribution is 0.134. The fourth-order valence-electron chi connectivity index (χ4n) is 3.56. The molecule has 1 aliphatic rings. The second kappa shape index (κ2) is 6.66. The van der Waals surface area contributed by atoms with Gasteiger partial charge in [-0.05, 0) is 42.7 Å². The lowest BCUT2D eigenvalue weighted by Crippen LogP contribution is -2.39. The molecule has 0 amide bonds. The third-order valence-electron chi connectivity index (χ3n) is 5.08. The minimum atomic E-state index is -0.315. The highest BCUT2D eigenvalue weighted by atomic mass is 16.5. The predicted octanol–water partition coefficient (Wildman–Crippen LogP) is 2.14. The van der Waals surface area contributed by atoms with Crippen LogP contribution in [0.1, 0.15) is 36.4 Å². The molecule has 0 saturated carbocycles. The summed E-state index contributed by atoms with van der Waals surface area (Å²) in [6.45, 7) is 5.78. The van der Waals surface area contributed by atoms with Crippen LogP contribution in [-0.2, 0) is 38.1 Å². The zero-order chi connectivity index (χ0) is 19.1. The molecule has 0 saturated heterocycles. The number of aryl methyl sites for hydroxylation is 2. The van der Waals surface area contributed by atoms with Crippen LogP contribution >= 0.6 is 0 Å². The highest BCUT2D eigenvalue weighted by molar-refractivity contribution is 5.76. The van der Waals surface area contributed by atoms with Crippen molar-refractivity contribution in [3.63, 3.8) is 0 Å². The SMILES string of the molecule is CCn1c(=O)c2c(nc(/C=C/c3ccc4c(c3)COC4)n2C)n(CC)c1=O. The summed E-state index contributed by atoms with van der Waals surface area (Å²) in [5.74, 6) is 0.634. The van der Waals surface area contributed by atoms with Crippen LogP contribution in [0, 0.1) is 0 Å². The Kier molecular flexibility index (Phi) is 4.31. The molecule has 0 fully saturated rings. The Balaban J connectivity index is 1.83. The third kappa shape index (κ3) is 2.75. The van der Waals surface area contributed by atoms with E-state index in [0.717, 1.165) is 5.56 Å². The average molecular weight is 366 g/mol. The first-order chi connectivity index (χ1) is 13.0. The molecule has 3 aromatic rings. The number of hydrogen-bond acceptors (Lipinski definition) is 4. The molecule has 2 aromatic heterocycles. The van der Waals surface area contributed by atoms with E-state index in [2.05, 4.69) is 17.1 Å². The molecule has 1 aromatic carbocycles. The molecule has 27 heavy (non-hydrogen) atoms. The van der Waals surface area contributed by atoms with Gasteiger partial charge in [0.25, 0.3) is 5.56 Å². The number of ether oxygens (including phenoxy) is 1. The van der Waals surface area contributed by atoms with Gasteiger partial charge in [-0.25, -0.2) is 9.78 Å². The Bertz CT molecular complexity index is 1180. The summed E-state index contributed by atoms with van der Waals surface area (Å²) < 4.78 is 10.0. The molecule has 0 N–H and O–H groups in total. The molecule has 4 rings (SSSR count). The lowest BCUT2D eigenvalue weighted by Gasteiger charge is -2.08. The van der Waals surface area contributed by atoms with E-state index in [4.69, 9.17) is 4.74 Å². The van der Waals surface area contributed by atoms with Crippen molar-refractivity contribution >= 4 is 23.3 Å². The minimum Gasteiger partial charge on any atom is -0.372 e. The fraction of sp³-hybridized carbons (Fsp3) is 0.350. The number of aromatic nitrogens is 4. The fourth-order valence-corrected chi connectivity index (χ4v) is 3.56. The first-order valence-corrected chi connectivity index (χ1v) is 9.12. The Labute approximate surface area is 156 Å².